The minimum atomic E-state index is -3.40. The number of sulfonamides is 1. The smallest absolute Gasteiger partial charge is 0.357 e. The zero-order valence-corrected chi connectivity index (χ0v) is 15.2. The first kappa shape index (κ1) is 18.6. The standard InChI is InChI=1S/C19H22N2O4S/c22-19(17-9-5-2-6-10-17)25-21-13-11-18(12-14-21)26(23,24)20-15-16-7-3-1-4-8-16/h1-10,18,20H,11-15H2. The van der Waals surface area contributed by atoms with Crippen LogP contribution in [0.4, 0.5) is 0 Å². The fourth-order valence-electron chi connectivity index (χ4n) is 2.88. The van der Waals surface area contributed by atoms with E-state index < -0.39 is 21.2 Å². The van der Waals surface area contributed by atoms with Gasteiger partial charge in [-0.15, -0.1) is 5.06 Å². The number of hydroxylamine groups is 2. The van der Waals surface area contributed by atoms with Gasteiger partial charge in [0.05, 0.1) is 10.8 Å². The van der Waals surface area contributed by atoms with Gasteiger partial charge >= 0.3 is 5.97 Å². The van der Waals surface area contributed by atoms with Gasteiger partial charge in [-0.05, 0) is 30.5 Å². The van der Waals surface area contributed by atoms with Crippen molar-refractivity contribution in [3.8, 4) is 0 Å². The molecule has 6 nitrogen and oxygen atoms in total. The highest BCUT2D eigenvalue weighted by Crippen LogP contribution is 2.18. The molecule has 1 fully saturated rings. The lowest BCUT2D eigenvalue weighted by Crippen LogP contribution is -2.43. The van der Waals surface area contributed by atoms with Crippen molar-refractivity contribution < 1.29 is 18.0 Å². The van der Waals surface area contributed by atoms with Crippen molar-refractivity contribution in [3.63, 3.8) is 0 Å². The first-order valence-corrected chi connectivity index (χ1v) is 10.1. The van der Waals surface area contributed by atoms with E-state index >= 15 is 0 Å². The van der Waals surface area contributed by atoms with Gasteiger partial charge in [-0.2, -0.15) is 0 Å². The van der Waals surface area contributed by atoms with Crippen molar-refractivity contribution in [2.45, 2.75) is 24.6 Å². The minimum Gasteiger partial charge on any atom is -0.364 e. The summed E-state index contributed by atoms with van der Waals surface area (Å²) in [6.07, 6.45) is 0.846. The number of carbonyl (C=O) groups excluding carboxylic acids is 1. The van der Waals surface area contributed by atoms with Crippen LogP contribution >= 0.6 is 0 Å². The molecule has 0 radical (unpaired) electrons. The zero-order valence-electron chi connectivity index (χ0n) is 14.4. The van der Waals surface area contributed by atoms with Crippen molar-refractivity contribution in [2.75, 3.05) is 13.1 Å². The lowest BCUT2D eigenvalue weighted by Gasteiger charge is -2.30. The highest BCUT2D eigenvalue weighted by atomic mass is 32.2. The molecule has 138 valence electrons. The summed E-state index contributed by atoms with van der Waals surface area (Å²) in [5, 5.41) is 1.07. The molecule has 0 unspecified atom stereocenters. The van der Waals surface area contributed by atoms with Gasteiger partial charge in [-0.25, -0.2) is 17.9 Å². The fraction of sp³-hybridized carbons (Fsp3) is 0.316. The maximum Gasteiger partial charge on any atom is 0.357 e. The van der Waals surface area contributed by atoms with E-state index in [4.69, 9.17) is 4.84 Å². The predicted molar refractivity (Wildman–Crippen MR) is 98.7 cm³/mol. The number of hydrogen-bond donors (Lipinski definition) is 1. The van der Waals surface area contributed by atoms with Crippen LogP contribution in [0.1, 0.15) is 28.8 Å². The molecular formula is C19H22N2O4S. The molecule has 1 heterocycles. The van der Waals surface area contributed by atoms with Crippen LogP contribution in [0.2, 0.25) is 0 Å². The molecule has 0 aromatic heterocycles. The van der Waals surface area contributed by atoms with E-state index in [1.807, 2.05) is 36.4 Å². The van der Waals surface area contributed by atoms with Gasteiger partial charge < -0.3 is 4.84 Å². The van der Waals surface area contributed by atoms with Gasteiger partial charge in [0.1, 0.15) is 0 Å². The maximum absolute atomic E-state index is 12.5. The predicted octanol–water partition coefficient (Wildman–Crippen LogP) is 2.34. The van der Waals surface area contributed by atoms with E-state index in [-0.39, 0.29) is 6.54 Å². The number of carbonyl (C=O) groups is 1. The van der Waals surface area contributed by atoms with Crippen LogP contribution in [0, 0.1) is 0 Å². The number of piperidine rings is 1. The van der Waals surface area contributed by atoms with E-state index in [9.17, 15) is 13.2 Å². The third kappa shape index (κ3) is 4.91. The Balaban J connectivity index is 1.49. The number of nitrogens with one attached hydrogen (secondary N) is 1. The van der Waals surface area contributed by atoms with Crippen LogP contribution in [0.25, 0.3) is 0 Å². The summed E-state index contributed by atoms with van der Waals surface area (Å²) in [6, 6.07) is 18.2. The van der Waals surface area contributed by atoms with Gasteiger partial charge in [0.15, 0.2) is 0 Å². The number of rotatable bonds is 6. The first-order valence-electron chi connectivity index (χ1n) is 8.59. The summed E-state index contributed by atoms with van der Waals surface area (Å²) < 4.78 is 27.6. The van der Waals surface area contributed by atoms with Crippen molar-refractivity contribution in [1.29, 1.82) is 0 Å². The summed E-state index contributed by atoms with van der Waals surface area (Å²) in [5.41, 5.74) is 1.40. The largest absolute Gasteiger partial charge is 0.364 e. The molecule has 3 rings (SSSR count). The maximum atomic E-state index is 12.5. The van der Waals surface area contributed by atoms with Crippen molar-refractivity contribution >= 4 is 16.0 Å². The average molecular weight is 374 g/mol. The fourth-order valence-corrected chi connectivity index (χ4v) is 4.31. The molecule has 1 aliphatic rings. The zero-order chi connectivity index (χ0) is 18.4. The van der Waals surface area contributed by atoms with Crippen LogP contribution in [-0.4, -0.2) is 37.8 Å². The Labute approximate surface area is 153 Å². The molecule has 0 aliphatic carbocycles. The lowest BCUT2D eigenvalue weighted by molar-refractivity contribution is -0.118. The van der Waals surface area contributed by atoms with Gasteiger partial charge in [0.2, 0.25) is 10.0 Å². The lowest BCUT2D eigenvalue weighted by atomic mass is 10.1. The number of nitrogens with zero attached hydrogens (tertiary/aromatic N) is 1. The second kappa shape index (κ2) is 8.44. The van der Waals surface area contributed by atoms with Crippen LogP contribution in [-0.2, 0) is 21.4 Å². The number of hydrogen-bond acceptors (Lipinski definition) is 5. The molecule has 1 N–H and O–H groups in total. The molecule has 0 saturated carbocycles. The van der Waals surface area contributed by atoms with E-state index in [0.29, 0.717) is 31.5 Å². The Bertz CT molecular complexity index is 817. The SMILES string of the molecule is O=C(ON1CCC(S(=O)(=O)NCc2ccccc2)CC1)c1ccccc1. The van der Waals surface area contributed by atoms with E-state index in [0.717, 1.165) is 5.56 Å². The van der Waals surface area contributed by atoms with Gasteiger partial charge in [0, 0.05) is 19.6 Å². The average Bonchev–Trinajstić information content (AvgIpc) is 2.68. The van der Waals surface area contributed by atoms with Gasteiger partial charge in [0.25, 0.3) is 0 Å². The summed E-state index contributed by atoms with van der Waals surface area (Å²) in [5.74, 6) is -0.422. The Morgan fingerprint density at radius 1 is 1.00 bits per heavy atom. The summed E-state index contributed by atoms with van der Waals surface area (Å²) >= 11 is 0. The van der Waals surface area contributed by atoms with Crippen molar-refractivity contribution in [1.82, 2.24) is 9.79 Å². The Morgan fingerprint density at radius 2 is 1.58 bits per heavy atom. The Kier molecular flexibility index (Phi) is 6.03. The first-order chi connectivity index (χ1) is 12.5. The molecule has 2 aromatic rings. The Hall–Kier alpha value is -2.22. The highest BCUT2D eigenvalue weighted by molar-refractivity contribution is 7.90. The number of benzene rings is 2. The third-order valence-electron chi connectivity index (χ3n) is 4.38. The van der Waals surface area contributed by atoms with Crippen LogP contribution in [0.15, 0.2) is 60.7 Å². The van der Waals surface area contributed by atoms with Crippen LogP contribution in [0.3, 0.4) is 0 Å². The molecule has 0 atom stereocenters. The van der Waals surface area contributed by atoms with E-state index in [2.05, 4.69) is 4.72 Å². The summed E-state index contributed by atoms with van der Waals surface area (Å²) in [4.78, 5) is 17.4. The quantitative estimate of drug-likeness (QED) is 0.840. The van der Waals surface area contributed by atoms with Crippen LogP contribution < -0.4 is 4.72 Å². The molecule has 26 heavy (non-hydrogen) atoms. The van der Waals surface area contributed by atoms with E-state index in [1.54, 1.807) is 29.3 Å². The highest BCUT2D eigenvalue weighted by Gasteiger charge is 2.31. The minimum absolute atomic E-state index is 0.284. The molecule has 7 heteroatoms. The van der Waals surface area contributed by atoms with Crippen molar-refractivity contribution in [2.24, 2.45) is 0 Å². The molecule has 0 amide bonds. The molecule has 0 spiro atoms. The summed E-state index contributed by atoms with van der Waals surface area (Å²) in [6.45, 7) is 1.08. The second-order valence-electron chi connectivity index (χ2n) is 6.22. The Morgan fingerprint density at radius 3 is 2.19 bits per heavy atom. The molecule has 2 aromatic carbocycles. The molecule has 1 saturated heterocycles. The monoisotopic (exact) mass is 374 g/mol. The van der Waals surface area contributed by atoms with Gasteiger partial charge in [-0.1, -0.05) is 48.5 Å². The topological polar surface area (TPSA) is 75.7 Å². The molecule has 1 aliphatic heterocycles. The van der Waals surface area contributed by atoms with Crippen LogP contribution in [0.5, 0.6) is 0 Å². The van der Waals surface area contributed by atoms with Gasteiger partial charge in [-0.3, -0.25) is 0 Å². The second-order valence-corrected chi connectivity index (χ2v) is 8.27. The van der Waals surface area contributed by atoms with Crippen molar-refractivity contribution in [3.05, 3.63) is 71.8 Å². The van der Waals surface area contributed by atoms with E-state index in [1.165, 1.54) is 0 Å². The molecular weight excluding hydrogens is 352 g/mol. The normalized spacial score (nSPS) is 16.3. The molecule has 0 bridgehead atoms. The summed E-state index contributed by atoms with van der Waals surface area (Å²) in [7, 11) is -3.40. The third-order valence-corrected chi connectivity index (χ3v) is 6.28.